The molecule has 0 nitrogen and oxygen atoms in total. The van der Waals surface area contributed by atoms with Gasteiger partial charge in [-0.3, -0.25) is 0 Å². The summed E-state index contributed by atoms with van der Waals surface area (Å²) < 4.78 is 0. The molecule has 0 amide bonds. The smallest absolute Gasteiger partial charge is 0.0145 e. The van der Waals surface area contributed by atoms with Crippen LogP contribution in [0.15, 0.2) is 28.0 Å². The molecule has 1 unspecified atom stereocenters. The van der Waals surface area contributed by atoms with Crippen LogP contribution in [0.3, 0.4) is 0 Å². The van der Waals surface area contributed by atoms with Crippen molar-refractivity contribution >= 4 is 29.6 Å². The lowest BCUT2D eigenvalue weighted by Gasteiger charge is -2.33. The number of rotatable bonds is 12. The Morgan fingerprint density at radius 1 is 0.871 bits per heavy atom. The summed E-state index contributed by atoms with van der Waals surface area (Å²) in [6.07, 6.45) is 12.3. The van der Waals surface area contributed by atoms with Crippen molar-refractivity contribution in [1.82, 2.24) is 0 Å². The molecular weight excluding hydrogens is 412 g/mol. The summed E-state index contributed by atoms with van der Waals surface area (Å²) in [5.74, 6) is 3.47. The predicted molar refractivity (Wildman–Crippen MR) is 148 cm³/mol. The van der Waals surface area contributed by atoms with Gasteiger partial charge in [0.1, 0.15) is 0 Å². The van der Waals surface area contributed by atoms with Crippen molar-refractivity contribution in [3.63, 3.8) is 0 Å². The zero-order chi connectivity index (χ0) is 23.8. The summed E-state index contributed by atoms with van der Waals surface area (Å²) in [7, 11) is 0. The van der Waals surface area contributed by atoms with E-state index in [2.05, 4.69) is 112 Å². The van der Waals surface area contributed by atoms with Crippen LogP contribution in [0.5, 0.6) is 0 Å². The van der Waals surface area contributed by atoms with Crippen LogP contribution in [-0.2, 0) is 5.41 Å². The summed E-state index contributed by atoms with van der Waals surface area (Å²) >= 11 is 3.96. The standard InChI is InChI=1S/C29H50S2/c1-21(2)13-12-14-23(5)16-18-31-27-19-24(15-17-28(6,7)8)26(30-11)20-25(27)29(9,10)22(3)4/h15,17,19-23H,12-14,16,18H2,1-11H3/b17-15+. The van der Waals surface area contributed by atoms with Gasteiger partial charge in [-0.25, -0.2) is 0 Å². The number of hydrogen-bond donors (Lipinski definition) is 0. The van der Waals surface area contributed by atoms with Crippen molar-refractivity contribution in [3.8, 4) is 0 Å². The molecule has 0 radical (unpaired) electrons. The van der Waals surface area contributed by atoms with Gasteiger partial charge in [-0.05, 0) is 70.3 Å². The number of allylic oxidation sites excluding steroid dienone is 1. The Morgan fingerprint density at radius 3 is 2.03 bits per heavy atom. The van der Waals surface area contributed by atoms with Crippen molar-refractivity contribution in [2.45, 2.75) is 110 Å². The SMILES string of the molecule is CSc1cc(C(C)(C)C(C)C)c(SCCC(C)CCCC(C)C)cc1/C=C/C(C)(C)C. The molecule has 0 heterocycles. The van der Waals surface area contributed by atoms with E-state index in [1.165, 1.54) is 52.4 Å². The molecule has 0 saturated carbocycles. The minimum atomic E-state index is 0.169. The maximum atomic E-state index is 2.49. The van der Waals surface area contributed by atoms with E-state index in [1.807, 2.05) is 11.8 Å². The summed E-state index contributed by atoms with van der Waals surface area (Å²) in [6.45, 7) is 23.5. The van der Waals surface area contributed by atoms with Gasteiger partial charge in [-0.15, -0.1) is 23.5 Å². The van der Waals surface area contributed by atoms with Crippen molar-refractivity contribution < 1.29 is 0 Å². The van der Waals surface area contributed by atoms with Gasteiger partial charge < -0.3 is 0 Å². The second kappa shape index (κ2) is 12.8. The van der Waals surface area contributed by atoms with Crippen molar-refractivity contribution in [3.05, 3.63) is 29.3 Å². The Bertz CT molecular complexity index is 689. The molecule has 1 aromatic carbocycles. The molecule has 0 aromatic heterocycles. The fourth-order valence-corrected chi connectivity index (χ4v) is 5.57. The first-order valence-electron chi connectivity index (χ1n) is 12.3. The Kier molecular flexibility index (Phi) is 11.8. The number of benzene rings is 1. The van der Waals surface area contributed by atoms with E-state index < -0.39 is 0 Å². The maximum Gasteiger partial charge on any atom is 0.0145 e. The lowest BCUT2D eigenvalue weighted by molar-refractivity contribution is 0.366. The summed E-state index contributed by atoms with van der Waals surface area (Å²) in [5.41, 5.74) is 3.27. The van der Waals surface area contributed by atoms with Crippen LogP contribution in [0.4, 0.5) is 0 Å². The first-order chi connectivity index (χ1) is 14.3. The second-order valence-electron chi connectivity index (χ2n) is 11.7. The molecule has 1 aromatic rings. The average Bonchev–Trinajstić information content (AvgIpc) is 2.65. The average molecular weight is 463 g/mol. The van der Waals surface area contributed by atoms with Gasteiger partial charge >= 0.3 is 0 Å². The van der Waals surface area contributed by atoms with E-state index in [4.69, 9.17) is 0 Å². The van der Waals surface area contributed by atoms with Gasteiger partial charge in [0, 0.05) is 9.79 Å². The Balaban J connectivity index is 3.12. The molecule has 0 spiro atoms. The molecule has 0 N–H and O–H groups in total. The van der Waals surface area contributed by atoms with Gasteiger partial charge in [0.2, 0.25) is 0 Å². The Hall–Kier alpha value is -0.340. The van der Waals surface area contributed by atoms with E-state index in [0.717, 1.165) is 11.8 Å². The minimum absolute atomic E-state index is 0.169. The molecule has 0 aliphatic carbocycles. The van der Waals surface area contributed by atoms with Crippen LogP contribution in [-0.4, -0.2) is 12.0 Å². The van der Waals surface area contributed by atoms with E-state index in [9.17, 15) is 0 Å². The first kappa shape index (κ1) is 28.7. The van der Waals surface area contributed by atoms with Crippen molar-refractivity contribution in [2.75, 3.05) is 12.0 Å². The van der Waals surface area contributed by atoms with Crippen LogP contribution in [0, 0.1) is 23.2 Å². The number of thioether (sulfide) groups is 2. The normalized spacial score (nSPS) is 14.2. The highest BCUT2D eigenvalue weighted by Crippen LogP contribution is 2.42. The van der Waals surface area contributed by atoms with Gasteiger partial charge in [-0.1, -0.05) is 101 Å². The fourth-order valence-electron chi connectivity index (χ4n) is 3.55. The minimum Gasteiger partial charge on any atom is -0.129 e. The van der Waals surface area contributed by atoms with Crippen LogP contribution >= 0.6 is 23.5 Å². The third-order valence-corrected chi connectivity index (χ3v) is 8.46. The third-order valence-electron chi connectivity index (χ3n) is 6.58. The molecule has 0 aliphatic rings. The Morgan fingerprint density at radius 2 is 1.52 bits per heavy atom. The molecule has 0 saturated heterocycles. The molecule has 1 atom stereocenters. The molecule has 1 rings (SSSR count). The second-order valence-corrected chi connectivity index (χ2v) is 13.7. The Labute approximate surface area is 203 Å². The van der Waals surface area contributed by atoms with E-state index in [0.29, 0.717) is 5.92 Å². The quantitative estimate of drug-likeness (QED) is 0.283. The first-order valence-corrected chi connectivity index (χ1v) is 14.5. The molecule has 0 aliphatic heterocycles. The van der Waals surface area contributed by atoms with Crippen molar-refractivity contribution in [2.24, 2.45) is 23.2 Å². The summed E-state index contributed by atoms with van der Waals surface area (Å²) in [5, 5.41) is 0. The van der Waals surface area contributed by atoms with Crippen molar-refractivity contribution in [1.29, 1.82) is 0 Å². The predicted octanol–water partition coefficient (Wildman–Crippen LogP) is 10.3. The zero-order valence-electron chi connectivity index (χ0n) is 22.4. The maximum absolute atomic E-state index is 2.49. The molecule has 2 heteroatoms. The molecule has 0 bridgehead atoms. The number of hydrogen-bond acceptors (Lipinski definition) is 2. The van der Waals surface area contributed by atoms with E-state index >= 15 is 0 Å². The van der Waals surface area contributed by atoms with E-state index in [-0.39, 0.29) is 10.8 Å². The molecule has 178 valence electrons. The van der Waals surface area contributed by atoms with Gasteiger partial charge in [0.15, 0.2) is 0 Å². The summed E-state index contributed by atoms with van der Waals surface area (Å²) in [6, 6.07) is 4.96. The highest BCUT2D eigenvalue weighted by molar-refractivity contribution is 7.99. The monoisotopic (exact) mass is 462 g/mol. The zero-order valence-corrected chi connectivity index (χ0v) is 24.0. The van der Waals surface area contributed by atoms with Crippen LogP contribution in [0.25, 0.3) is 6.08 Å². The summed E-state index contributed by atoms with van der Waals surface area (Å²) in [4.78, 5) is 2.88. The van der Waals surface area contributed by atoms with E-state index in [1.54, 1.807) is 0 Å². The van der Waals surface area contributed by atoms with Gasteiger partial charge in [-0.2, -0.15) is 0 Å². The largest absolute Gasteiger partial charge is 0.129 e. The van der Waals surface area contributed by atoms with Gasteiger partial charge in [0.05, 0.1) is 0 Å². The lowest BCUT2D eigenvalue weighted by atomic mass is 9.75. The van der Waals surface area contributed by atoms with Crippen LogP contribution in [0.1, 0.15) is 106 Å². The van der Waals surface area contributed by atoms with Gasteiger partial charge in [0.25, 0.3) is 0 Å². The topological polar surface area (TPSA) is 0 Å². The molecule has 0 fully saturated rings. The highest BCUT2D eigenvalue weighted by atomic mass is 32.2. The highest BCUT2D eigenvalue weighted by Gasteiger charge is 2.28. The van der Waals surface area contributed by atoms with Crippen LogP contribution in [0.2, 0.25) is 0 Å². The fraction of sp³-hybridized carbons (Fsp3) is 0.724. The molecular formula is C29H50S2. The molecule has 31 heavy (non-hydrogen) atoms. The lowest BCUT2D eigenvalue weighted by Crippen LogP contribution is -2.25. The van der Waals surface area contributed by atoms with Crippen LogP contribution < -0.4 is 0 Å². The third kappa shape index (κ3) is 9.99.